The third-order valence-electron chi connectivity index (χ3n) is 5.78. The van der Waals surface area contributed by atoms with Gasteiger partial charge in [0.1, 0.15) is 11.9 Å². The third-order valence-corrected chi connectivity index (χ3v) is 5.78. The summed E-state index contributed by atoms with van der Waals surface area (Å²) in [6.07, 6.45) is 4.87. The van der Waals surface area contributed by atoms with Crippen molar-refractivity contribution in [2.24, 2.45) is 5.92 Å². The molecule has 2 amide bonds. The van der Waals surface area contributed by atoms with E-state index in [2.05, 4.69) is 28.5 Å². The highest BCUT2D eigenvalue weighted by Gasteiger charge is 2.30. The number of fused-ring (bicyclic) bond motifs is 1. The first-order chi connectivity index (χ1) is 14.9. The molecule has 3 aromatic rings. The van der Waals surface area contributed by atoms with Crippen molar-refractivity contribution >= 4 is 28.3 Å². The zero-order valence-corrected chi connectivity index (χ0v) is 17.7. The molecule has 0 radical (unpaired) electrons. The number of benzene rings is 2. The molecule has 1 atom stereocenters. The summed E-state index contributed by atoms with van der Waals surface area (Å²) in [6.45, 7) is 4.92. The average molecular weight is 420 g/mol. The number of nitrogens with one attached hydrogen (secondary N) is 2. The van der Waals surface area contributed by atoms with Crippen molar-refractivity contribution in [3.8, 4) is 0 Å². The van der Waals surface area contributed by atoms with E-state index in [-0.39, 0.29) is 17.7 Å². The summed E-state index contributed by atoms with van der Waals surface area (Å²) in [5, 5.41) is 4.01. The number of carbonyl (C=O) groups is 2. The molecule has 4 rings (SSSR count). The zero-order valence-electron chi connectivity index (χ0n) is 17.7. The number of aromatic amines is 1. The minimum Gasteiger partial charge on any atom is -0.361 e. The predicted octanol–water partition coefficient (Wildman–Crippen LogP) is 4.38. The van der Waals surface area contributed by atoms with Gasteiger partial charge in [-0.15, -0.1) is 0 Å². The molecule has 2 aromatic carbocycles. The minimum atomic E-state index is -0.638. The molecule has 1 aliphatic heterocycles. The fourth-order valence-electron chi connectivity index (χ4n) is 3.99. The molecule has 6 heteroatoms. The van der Waals surface area contributed by atoms with Crippen LogP contribution < -0.4 is 5.32 Å². The Labute approximate surface area is 180 Å². The van der Waals surface area contributed by atoms with Gasteiger partial charge in [-0.3, -0.25) is 9.59 Å². The molecule has 0 unspecified atom stereocenters. The van der Waals surface area contributed by atoms with Gasteiger partial charge in [-0.05, 0) is 48.2 Å². The standard InChI is InChI=1S/C25H26FN3O2/c1-16(2)23(28-24(30)18-7-9-19(26)10-8-18)25(31)29-13-11-17(12-14-29)21-15-27-22-6-4-3-5-20(21)22/h3-11,15-16,23,27H,12-14H2,1-2H3,(H,28,30)/t23-/m0/s1. The van der Waals surface area contributed by atoms with Crippen LogP contribution in [-0.2, 0) is 4.79 Å². The van der Waals surface area contributed by atoms with Crippen molar-refractivity contribution in [1.29, 1.82) is 0 Å². The summed E-state index contributed by atoms with van der Waals surface area (Å²) in [6, 6.07) is 12.9. The first-order valence-corrected chi connectivity index (χ1v) is 10.5. The molecule has 0 bridgehead atoms. The molecule has 0 spiro atoms. The third kappa shape index (κ3) is 4.38. The Kier molecular flexibility index (Phi) is 5.89. The van der Waals surface area contributed by atoms with Gasteiger partial charge in [0.25, 0.3) is 5.91 Å². The first-order valence-electron chi connectivity index (χ1n) is 10.5. The van der Waals surface area contributed by atoms with E-state index < -0.39 is 11.9 Å². The van der Waals surface area contributed by atoms with E-state index in [4.69, 9.17) is 0 Å². The monoisotopic (exact) mass is 419 g/mol. The smallest absolute Gasteiger partial charge is 0.251 e. The van der Waals surface area contributed by atoms with E-state index in [1.54, 1.807) is 4.90 Å². The maximum Gasteiger partial charge on any atom is 0.251 e. The van der Waals surface area contributed by atoms with Gasteiger partial charge in [0.2, 0.25) is 5.91 Å². The lowest BCUT2D eigenvalue weighted by molar-refractivity contribution is -0.133. The first kappa shape index (κ1) is 20.8. The maximum absolute atomic E-state index is 13.2. The number of carbonyl (C=O) groups excluding carboxylic acids is 2. The van der Waals surface area contributed by atoms with Crippen molar-refractivity contribution in [3.05, 3.63) is 77.7 Å². The van der Waals surface area contributed by atoms with Crippen LogP contribution in [0.15, 0.2) is 60.8 Å². The van der Waals surface area contributed by atoms with Crippen LogP contribution >= 0.6 is 0 Å². The molecule has 2 N–H and O–H groups in total. The lowest BCUT2D eigenvalue weighted by atomic mass is 9.97. The molecule has 1 aromatic heterocycles. The van der Waals surface area contributed by atoms with Crippen LogP contribution in [0.5, 0.6) is 0 Å². The van der Waals surface area contributed by atoms with E-state index >= 15 is 0 Å². The van der Waals surface area contributed by atoms with Crippen LogP contribution in [0, 0.1) is 11.7 Å². The van der Waals surface area contributed by atoms with Crippen LogP contribution in [0.4, 0.5) is 4.39 Å². The molecular formula is C25H26FN3O2. The Morgan fingerprint density at radius 3 is 2.52 bits per heavy atom. The quantitative estimate of drug-likeness (QED) is 0.645. The summed E-state index contributed by atoms with van der Waals surface area (Å²) in [5.41, 5.74) is 3.82. The van der Waals surface area contributed by atoms with E-state index in [1.807, 2.05) is 32.2 Å². The Hall–Kier alpha value is -3.41. The highest BCUT2D eigenvalue weighted by molar-refractivity contribution is 5.98. The number of amides is 2. The van der Waals surface area contributed by atoms with Crippen molar-refractivity contribution in [3.63, 3.8) is 0 Å². The summed E-state index contributed by atoms with van der Waals surface area (Å²) in [4.78, 5) is 30.8. The van der Waals surface area contributed by atoms with Crippen LogP contribution in [-0.4, -0.2) is 40.8 Å². The topological polar surface area (TPSA) is 65.2 Å². The van der Waals surface area contributed by atoms with Gasteiger partial charge in [-0.2, -0.15) is 0 Å². The second-order valence-corrected chi connectivity index (χ2v) is 8.21. The highest BCUT2D eigenvalue weighted by Crippen LogP contribution is 2.29. The van der Waals surface area contributed by atoms with Crippen molar-refractivity contribution in [1.82, 2.24) is 15.2 Å². The molecule has 5 nitrogen and oxygen atoms in total. The minimum absolute atomic E-state index is 0.0732. The molecule has 0 saturated heterocycles. The predicted molar refractivity (Wildman–Crippen MR) is 120 cm³/mol. The number of aromatic nitrogens is 1. The summed E-state index contributed by atoms with van der Waals surface area (Å²) < 4.78 is 13.1. The van der Waals surface area contributed by atoms with Gasteiger partial charge in [0, 0.05) is 41.3 Å². The molecule has 31 heavy (non-hydrogen) atoms. The summed E-state index contributed by atoms with van der Waals surface area (Å²) in [7, 11) is 0. The molecule has 0 aliphatic carbocycles. The zero-order chi connectivity index (χ0) is 22.0. The Morgan fingerprint density at radius 2 is 1.84 bits per heavy atom. The SMILES string of the molecule is CC(C)[C@H](NC(=O)c1ccc(F)cc1)C(=O)N1CC=C(c2c[nH]c3ccccc23)CC1. The number of para-hydroxylation sites is 1. The van der Waals surface area contributed by atoms with Crippen LogP contribution in [0.1, 0.15) is 36.2 Å². The Bertz CT molecular complexity index is 1130. The summed E-state index contributed by atoms with van der Waals surface area (Å²) >= 11 is 0. The average Bonchev–Trinajstić information content (AvgIpc) is 3.21. The Balaban J connectivity index is 1.46. The highest BCUT2D eigenvalue weighted by atomic mass is 19.1. The summed E-state index contributed by atoms with van der Waals surface area (Å²) in [5.74, 6) is -0.950. The fourth-order valence-corrected chi connectivity index (χ4v) is 3.99. The van der Waals surface area contributed by atoms with Gasteiger partial charge < -0.3 is 15.2 Å². The van der Waals surface area contributed by atoms with E-state index in [0.717, 1.165) is 11.9 Å². The molecule has 2 heterocycles. The van der Waals surface area contributed by atoms with Gasteiger partial charge in [-0.1, -0.05) is 38.1 Å². The number of hydrogen-bond acceptors (Lipinski definition) is 2. The largest absolute Gasteiger partial charge is 0.361 e. The number of hydrogen-bond donors (Lipinski definition) is 2. The molecule has 160 valence electrons. The van der Waals surface area contributed by atoms with E-state index in [0.29, 0.717) is 18.7 Å². The lowest BCUT2D eigenvalue weighted by Gasteiger charge is -2.32. The molecule has 0 saturated carbocycles. The fraction of sp³-hybridized carbons (Fsp3) is 0.280. The number of nitrogens with zero attached hydrogens (tertiary/aromatic N) is 1. The van der Waals surface area contributed by atoms with Crippen molar-refractivity contribution < 1.29 is 14.0 Å². The molecule has 0 fully saturated rings. The lowest BCUT2D eigenvalue weighted by Crippen LogP contribution is -2.52. The number of rotatable bonds is 5. The second kappa shape index (κ2) is 8.76. The van der Waals surface area contributed by atoms with E-state index in [9.17, 15) is 14.0 Å². The number of halogens is 1. The Morgan fingerprint density at radius 1 is 1.10 bits per heavy atom. The molecule has 1 aliphatic rings. The maximum atomic E-state index is 13.2. The number of H-pyrrole nitrogens is 1. The second-order valence-electron chi connectivity index (χ2n) is 8.21. The van der Waals surface area contributed by atoms with Gasteiger partial charge in [0.15, 0.2) is 0 Å². The normalized spacial score (nSPS) is 15.1. The van der Waals surface area contributed by atoms with Gasteiger partial charge in [0.05, 0.1) is 0 Å². The van der Waals surface area contributed by atoms with Gasteiger partial charge in [-0.25, -0.2) is 4.39 Å². The van der Waals surface area contributed by atoms with E-state index in [1.165, 1.54) is 40.8 Å². The van der Waals surface area contributed by atoms with Crippen LogP contribution in [0.2, 0.25) is 0 Å². The van der Waals surface area contributed by atoms with Crippen molar-refractivity contribution in [2.75, 3.05) is 13.1 Å². The van der Waals surface area contributed by atoms with Gasteiger partial charge >= 0.3 is 0 Å². The van der Waals surface area contributed by atoms with Crippen molar-refractivity contribution in [2.45, 2.75) is 26.3 Å². The molecular weight excluding hydrogens is 393 g/mol. The van der Waals surface area contributed by atoms with Crippen LogP contribution in [0.3, 0.4) is 0 Å². The van der Waals surface area contributed by atoms with Crippen LogP contribution in [0.25, 0.3) is 16.5 Å².